The molecule has 10 heteroatoms. The van der Waals surface area contributed by atoms with Crippen LogP contribution in [-0.4, -0.2) is 38.3 Å². The van der Waals surface area contributed by atoms with Gasteiger partial charge in [0.1, 0.15) is 18.3 Å². The number of hydrogen-bond acceptors (Lipinski definition) is 8. The topological polar surface area (TPSA) is 97.4 Å². The van der Waals surface area contributed by atoms with Crippen molar-refractivity contribution < 1.29 is 37.0 Å². The smallest absolute Gasteiger partial charge is 0.340 e. The summed E-state index contributed by atoms with van der Waals surface area (Å²) >= 11 is 0. The molecule has 0 heterocycles. The van der Waals surface area contributed by atoms with Crippen molar-refractivity contribution in [2.75, 3.05) is 32.3 Å². The molecule has 0 aliphatic carbocycles. The highest BCUT2D eigenvalue weighted by molar-refractivity contribution is 7.78. The van der Waals surface area contributed by atoms with Crippen molar-refractivity contribution in [2.45, 2.75) is 72.8 Å². The highest BCUT2D eigenvalue weighted by Crippen LogP contribution is 2.63. The molecule has 0 aliphatic heterocycles. The van der Waals surface area contributed by atoms with Crippen molar-refractivity contribution >= 4 is 26.2 Å². The van der Waals surface area contributed by atoms with Crippen LogP contribution in [0.25, 0.3) is 0 Å². The third-order valence-electron chi connectivity index (χ3n) is 6.02. The number of esters is 1. The lowest BCUT2D eigenvalue weighted by Crippen LogP contribution is -2.26. The number of rotatable bonds is 18. The summed E-state index contributed by atoms with van der Waals surface area (Å²) in [6.45, 7) is 12.2. The molecular weight excluding hydrogens is 538 g/mol. The van der Waals surface area contributed by atoms with Crippen molar-refractivity contribution in [3.8, 4) is 5.75 Å². The van der Waals surface area contributed by atoms with Gasteiger partial charge < -0.3 is 23.0 Å². The molecule has 0 saturated heterocycles. The molecule has 1 unspecified atom stereocenters. The fourth-order valence-electron chi connectivity index (χ4n) is 4.10. The van der Waals surface area contributed by atoms with Crippen molar-refractivity contribution in [3.63, 3.8) is 0 Å². The molecule has 0 aromatic heterocycles. The van der Waals surface area contributed by atoms with Crippen LogP contribution in [0.4, 0.5) is 0 Å². The maximum atomic E-state index is 14.2. The molecule has 2 rings (SSSR count). The summed E-state index contributed by atoms with van der Waals surface area (Å²) < 4.78 is 55.9. The summed E-state index contributed by atoms with van der Waals surface area (Å²) in [5.74, 6) is -0.155. The molecule has 1 atom stereocenters. The Morgan fingerprint density at radius 1 is 0.872 bits per heavy atom. The van der Waals surface area contributed by atoms with E-state index in [-0.39, 0.29) is 44.7 Å². The van der Waals surface area contributed by atoms with Gasteiger partial charge in [-0.3, -0.25) is 13.9 Å². The molecule has 0 bridgehead atoms. The average molecular weight is 583 g/mol. The predicted octanol–water partition coefficient (Wildman–Crippen LogP) is 7.44. The Labute approximate surface area is 233 Å². The molecule has 0 saturated carbocycles. The van der Waals surface area contributed by atoms with Crippen LogP contribution in [-0.2, 0) is 44.3 Å². The Bertz CT molecular complexity index is 1120. The monoisotopic (exact) mass is 582 g/mol. The van der Waals surface area contributed by atoms with Crippen molar-refractivity contribution in [3.05, 3.63) is 59.7 Å². The normalized spacial score (nSPS) is 13.6. The van der Waals surface area contributed by atoms with Crippen LogP contribution in [0, 0.1) is 0 Å². The van der Waals surface area contributed by atoms with E-state index >= 15 is 0 Å². The van der Waals surface area contributed by atoms with Gasteiger partial charge in [0, 0.05) is 16.3 Å². The number of carbonyl (C=O) groups excluding carboxylic acids is 1. The second-order valence-corrected chi connectivity index (χ2v) is 14.8. The van der Waals surface area contributed by atoms with E-state index in [1.807, 2.05) is 44.2 Å². The predicted molar refractivity (Wildman–Crippen MR) is 155 cm³/mol. The molecule has 0 fully saturated rings. The Morgan fingerprint density at radius 3 is 2.10 bits per heavy atom. The molecule has 0 aliphatic rings. The molecule has 2 aromatic rings. The van der Waals surface area contributed by atoms with Crippen LogP contribution >= 0.6 is 15.0 Å². The van der Waals surface area contributed by atoms with Gasteiger partial charge >= 0.3 is 13.6 Å². The molecule has 0 radical (unpaired) electrons. The summed E-state index contributed by atoms with van der Waals surface area (Å²) in [6.07, 6.45) is 1.90. The average Bonchev–Trinajstić information content (AvgIpc) is 2.88. The van der Waals surface area contributed by atoms with Crippen molar-refractivity contribution in [2.24, 2.45) is 0 Å². The molecule has 2 aromatic carbocycles. The minimum Gasteiger partial charge on any atom is -0.493 e. The van der Waals surface area contributed by atoms with Crippen LogP contribution < -0.4 is 10.0 Å². The fourth-order valence-corrected chi connectivity index (χ4v) is 9.61. The number of hydrogen-bond donors (Lipinski definition) is 0. The molecule has 0 N–H and O–H groups in total. The third-order valence-corrected chi connectivity index (χ3v) is 11.9. The van der Waals surface area contributed by atoms with Crippen LogP contribution in [0.5, 0.6) is 5.75 Å². The third kappa shape index (κ3) is 10.2. The molecule has 8 nitrogen and oxygen atoms in total. The Morgan fingerprint density at radius 2 is 1.51 bits per heavy atom. The van der Waals surface area contributed by atoms with Crippen molar-refractivity contribution in [1.29, 1.82) is 0 Å². The second kappa shape index (κ2) is 15.7. The van der Waals surface area contributed by atoms with E-state index in [1.54, 1.807) is 39.0 Å². The zero-order valence-electron chi connectivity index (χ0n) is 24.1. The van der Waals surface area contributed by atoms with Gasteiger partial charge in [-0.15, -0.1) is 0 Å². The summed E-state index contributed by atoms with van der Waals surface area (Å²) in [7, 11) is -7.35. The van der Waals surface area contributed by atoms with E-state index in [0.29, 0.717) is 23.2 Å². The Hall–Kier alpha value is -1.95. The van der Waals surface area contributed by atoms with Crippen LogP contribution in [0.3, 0.4) is 0 Å². The number of unbranched alkanes of at least 4 members (excludes halogenated alkanes) is 1. The lowest BCUT2D eigenvalue weighted by atomic mass is 9.81. The quantitative estimate of drug-likeness (QED) is 0.102. The van der Waals surface area contributed by atoms with Gasteiger partial charge in [0.05, 0.1) is 32.8 Å². The Kier molecular flexibility index (Phi) is 13.4. The maximum Gasteiger partial charge on any atom is 0.340 e. The number of benzene rings is 2. The molecule has 39 heavy (non-hydrogen) atoms. The van der Waals surface area contributed by atoms with E-state index < -0.39 is 20.4 Å². The first-order valence-corrected chi connectivity index (χ1v) is 17.2. The SMILES string of the molecule is CCCCOc1ccc(P(=O)(CP(=O)(OCC)OCC)OCC)cc1C(C)(C)CC(=O)OCc1ccccc1. The summed E-state index contributed by atoms with van der Waals surface area (Å²) in [5.41, 5.74) is 0.863. The van der Waals surface area contributed by atoms with Gasteiger partial charge in [-0.2, -0.15) is 0 Å². The van der Waals surface area contributed by atoms with Crippen LogP contribution in [0.2, 0.25) is 0 Å². The summed E-state index contributed by atoms with van der Waals surface area (Å²) in [4.78, 5) is 12.9. The van der Waals surface area contributed by atoms with E-state index in [1.165, 1.54) is 0 Å². The van der Waals surface area contributed by atoms with E-state index in [4.69, 9.17) is 23.0 Å². The minimum atomic E-state index is -3.68. The zero-order chi connectivity index (χ0) is 28.9. The largest absolute Gasteiger partial charge is 0.493 e. The second-order valence-electron chi connectivity index (χ2n) is 9.77. The van der Waals surface area contributed by atoms with E-state index in [9.17, 15) is 13.9 Å². The first-order valence-electron chi connectivity index (χ1n) is 13.6. The van der Waals surface area contributed by atoms with E-state index in [0.717, 1.165) is 18.4 Å². The lowest BCUT2D eigenvalue weighted by Gasteiger charge is -2.29. The van der Waals surface area contributed by atoms with Gasteiger partial charge in [0.15, 0.2) is 0 Å². The van der Waals surface area contributed by atoms with Gasteiger partial charge in [-0.1, -0.05) is 57.5 Å². The van der Waals surface area contributed by atoms with Gasteiger partial charge in [-0.25, -0.2) is 0 Å². The fraction of sp³-hybridized carbons (Fsp3) is 0.552. The molecular formula is C29H44O8P2. The lowest BCUT2D eigenvalue weighted by molar-refractivity contribution is -0.146. The first kappa shape index (κ1) is 33.3. The van der Waals surface area contributed by atoms with Crippen molar-refractivity contribution in [1.82, 2.24) is 0 Å². The standard InChI is InChI=1S/C29H44O8P2/c1-7-11-19-33-27-18-17-25(38(31,35-8-2)23-39(32,36-9-3)37-10-4)20-26(27)29(5,6)21-28(30)34-22-24-15-13-12-14-16-24/h12-18,20H,7-11,19,21-23H2,1-6H3. The maximum absolute atomic E-state index is 14.2. The van der Waals surface area contributed by atoms with E-state index in [2.05, 4.69) is 6.92 Å². The molecule has 0 spiro atoms. The highest BCUT2D eigenvalue weighted by atomic mass is 31.2. The summed E-state index contributed by atoms with van der Waals surface area (Å²) in [6, 6.07) is 14.7. The molecule has 0 amide bonds. The highest BCUT2D eigenvalue weighted by Gasteiger charge is 2.40. The zero-order valence-corrected chi connectivity index (χ0v) is 25.9. The number of ether oxygens (including phenoxy) is 2. The van der Waals surface area contributed by atoms with Crippen LogP contribution in [0.15, 0.2) is 48.5 Å². The molecule has 218 valence electrons. The summed E-state index contributed by atoms with van der Waals surface area (Å²) in [5, 5.41) is 0.368. The Balaban J connectivity index is 2.43. The first-order chi connectivity index (χ1) is 18.5. The van der Waals surface area contributed by atoms with Gasteiger partial charge in [-0.05, 0) is 51.0 Å². The minimum absolute atomic E-state index is 0.0722. The van der Waals surface area contributed by atoms with Gasteiger partial charge in [0.25, 0.3) is 0 Å². The van der Waals surface area contributed by atoms with Gasteiger partial charge in [0.2, 0.25) is 7.37 Å². The number of carbonyl (C=O) groups is 1. The van der Waals surface area contributed by atoms with Crippen LogP contribution in [0.1, 0.15) is 71.9 Å².